The van der Waals surface area contributed by atoms with E-state index in [9.17, 15) is 22.8 Å². The van der Waals surface area contributed by atoms with Gasteiger partial charge in [0.15, 0.2) is 19.2 Å². The van der Waals surface area contributed by atoms with Crippen molar-refractivity contribution in [1.29, 1.82) is 0 Å². The van der Waals surface area contributed by atoms with Crippen LogP contribution in [0.1, 0.15) is 58.9 Å². The minimum Gasteiger partial charge on any atom is -0.468 e. The van der Waals surface area contributed by atoms with Crippen molar-refractivity contribution >= 4 is 45.2 Å². The fourth-order valence-corrected chi connectivity index (χ4v) is 7.41. The number of fused-ring (bicyclic) bond motifs is 4. The summed E-state index contributed by atoms with van der Waals surface area (Å²) in [7, 11) is 1.42. The number of ether oxygens (including phenoxy) is 5. The number of carbonyl (C=O) groups is 2. The largest absolute Gasteiger partial charge is 0.468 e. The van der Waals surface area contributed by atoms with E-state index < -0.39 is 53.6 Å². The molecular weight excluding hydrogens is 745 g/mol. The molecule has 17 heteroatoms. The molecular formula is C39H44F5N5O7. The number of rotatable bonds is 12. The number of alkyl halides is 3. The summed E-state index contributed by atoms with van der Waals surface area (Å²) in [6.45, 7) is 5.67. The third-order valence-corrected chi connectivity index (χ3v) is 9.54. The summed E-state index contributed by atoms with van der Waals surface area (Å²) in [4.78, 5) is 37.2. The third kappa shape index (κ3) is 8.77. The van der Waals surface area contributed by atoms with Gasteiger partial charge in [0.1, 0.15) is 28.5 Å². The summed E-state index contributed by atoms with van der Waals surface area (Å²) in [5, 5.41) is 0.822. The Balaban J connectivity index is 1.50. The molecule has 2 N–H and O–H groups in total. The molecule has 0 spiro atoms. The highest BCUT2D eigenvalue weighted by Gasteiger charge is 2.45. The van der Waals surface area contributed by atoms with Crippen LogP contribution >= 0.6 is 0 Å². The van der Waals surface area contributed by atoms with Crippen LogP contribution in [0.5, 0.6) is 11.8 Å². The monoisotopic (exact) mass is 789 g/mol. The molecule has 3 aromatic carbocycles. The molecule has 1 aromatic heterocycles. The summed E-state index contributed by atoms with van der Waals surface area (Å²) in [6.07, 6.45) is -3.67. The first-order chi connectivity index (χ1) is 26.5. The number of amides is 1. The highest BCUT2D eigenvalue weighted by atomic mass is 19.4. The van der Waals surface area contributed by atoms with Crippen LogP contribution in [-0.4, -0.2) is 91.0 Å². The summed E-state index contributed by atoms with van der Waals surface area (Å²) < 4.78 is 99.7. The smallest absolute Gasteiger partial charge is 0.422 e. The van der Waals surface area contributed by atoms with Gasteiger partial charge in [-0.2, -0.15) is 23.1 Å². The zero-order valence-corrected chi connectivity index (χ0v) is 31.7. The van der Waals surface area contributed by atoms with Gasteiger partial charge < -0.3 is 34.3 Å². The molecule has 0 unspecified atom stereocenters. The second kappa shape index (κ2) is 16.1. The highest BCUT2D eigenvalue weighted by Crippen LogP contribution is 2.44. The number of hydrogen-bond donors (Lipinski definition) is 1. The number of hydrogen-bond acceptors (Lipinski definition) is 11. The van der Waals surface area contributed by atoms with Crippen LogP contribution in [0.15, 0.2) is 30.3 Å². The molecule has 2 fully saturated rings. The number of aryl methyl sites for hydroxylation is 1. The second-order valence-corrected chi connectivity index (χ2v) is 14.8. The van der Waals surface area contributed by atoms with Crippen LogP contribution in [0.3, 0.4) is 0 Å². The molecule has 4 aromatic rings. The second-order valence-electron chi connectivity index (χ2n) is 14.8. The number of aromatic nitrogens is 2. The van der Waals surface area contributed by atoms with Gasteiger partial charge in [-0.05, 0) is 99.5 Å². The number of nitrogen functional groups attached to an aromatic ring is 1. The minimum atomic E-state index is -4.75. The fraction of sp³-hybridized carbons (Fsp3) is 0.487. The number of methoxy groups -OCH3 is 1. The summed E-state index contributed by atoms with van der Waals surface area (Å²) in [5.41, 5.74) is 5.51. The number of nitrogens with zero attached hydrogens (tertiary/aromatic N) is 4. The molecule has 3 heterocycles. The van der Waals surface area contributed by atoms with Crippen molar-refractivity contribution in [3.8, 4) is 22.9 Å². The van der Waals surface area contributed by atoms with Crippen molar-refractivity contribution < 1.29 is 55.2 Å². The topological polar surface area (TPSA) is 139 Å². The molecule has 2 bridgehead atoms. The van der Waals surface area contributed by atoms with Gasteiger partial charge in [-0.1, -0.05) is 6.07 Å². The fourth-order valence-electron chi connectivity index (χ4n) is 7.41. The molecule has 12 nitrogen and oxygen atoms in total. The molecule has 0 saturated carbocycles. The van der Waals surface area contributed by atoms with Crippen molar-refractivity contribution in [3.63, 3.8) is 0 Å². The molecule has 2 atom stereocenters. The zero-order valence-electron chi connectivity index (χ0n) is 31.7. The van der Waals surface area contributed by atoms with Gasteiger partial charge in [0.2, 0.25) is 0 Å². The Labute approximate surface area is 320 Å². The standard InChI is InChI=1S/C39H44F5N5O7/c1-6-53-30(50)9-7-8-25-28(40)13-10-21-14-24(55-20-52-5)15-26(31(21)25)32-29(45)16-27-34(33(32)41)46-36(54-19-39(42,43)44)47-35(27)48-17-22-11-12-23(18-48)49(22)37(51)56-38(2,3)4/h10,13-16,22-23H,6-9,11-12,17-20,45H2,1-5H3/t22-,23+. The Hall–Kier alpha value is -5.19. The zero-order chi connectivity index (χ0) is 40.5. The number of halogens is 5. The van der Waals surface area contributed by atoms with E-state index in [2.05, 4.69) is 9.97 Å². The van der Waals surface area contributed by atoms with E-state index in [4.69, 9.17) is 29.4 Å². The number of piperazine rings is 1. The van der Waals surface area contributed by atoms with E-state index in [0.29, 0.717) is 18.2 Å². The van der Waals surface area contributed by atoms with E-state index in [1.165, 1.54) is 31.4 Å². The lowest BCUT2D eigenvalue weighted by molar-refractivity contribution is -0.154. The quantitative estimate of drug-likeness (QED) is 0.0654. The van der Waals surface area contributed by atoms with Crippen molar-refractivity contribution in [2.75, 3.05) is 50.8 Å². The molecule has 56 heavy (non-hydrogen) atoms. The average Bonchev–Trinajstić information content (AvgIpc) is 3.39. The predicted molar refractivity (Wildman–Crippen MR) is 198 cm³/mol. The van der Waals surface area contributed by atoms with Gasteiger partial charge in [0.25, 0.3) is 0 Å². The molecule has 0 aliphatic carbocycles. The van der Waals surface area contributed by atoms with Gasteiger partial charge in [0, 0.05) is 43.3 Å². The normalized spacial score (nSPS) is 17.1. The maximum atomic E-state index is 17.3. The van der Waals surface area contributed by atoms with Gasteiger partial charge in [-0.3, -0.25) is 9.69 Å². The summed E-state index contributed by atoms with van der Waals surface area (Å²) in [6, 6.07) is 5.88. The Morgan fingerprint density at radius 1 is 1.00 bits per heavy atom. The van der Waals surface area contributed by atoms with Gasteiger partial charge >= 0.3 is 24.2 Å². The SMILES string of the molecule is CCOC(=O)CCCc1c(F)ccc2cc(OCOC)cc(-c3c(N)cc4c(N5C[C@H]6CC[C@@H](C5)N6C(=O)OC(C)(C)C)nc(OCC(F)(F)F)nc4c3F)c12. The number of esters is 1. The maximum absolute atomic E-state index is 17.3. The van der Waals surface area contributed by atoms with Crippen LogP contribution < -0.4 is 20.1 Å². The average molecular weight is 790 g/mol. The lowest BCUT2D eigenvalue weighted by Crippen LogP contribution is -2.57. The van der Waals surface area contributed by atoms with E-state index in [1.54, 1.807) is 43.6 Å². The van der Waals surface area contributed by atoms with E-state index in [-0.39, 0.29) is 103 Å². The molecule has 302 valence electrons. The minimum absolute atomic E-state index is 0.00859. The maximum Gasteiger partial charge on any atom is 0.422 e. The number of anilines is 2. The lowest BCUT2D eigenvalue weighted by atomic mass is 9.90. The van der Waals surface area contributed by atoms with E-state index in [0.717, 1.165) is 0 Å². The number of benzene rings is 3. The summed E-state index contributed by atoms with van der Waals surface area (Å²) in [5.74, 6) is -1.79. The van der Waals surface area contributed by atoms with Crippen LogP contribution in [0, 0.1) is 11.6 Å². The molecule has 0 radical (unpaired) electrons. The van der Waals surface area contributed by atoms with Crippen LogP contribution in [-0.2, 0) is 25.4 Å². The van der Waals surface area contributed by atoms with E-state index >= 15 is 8.78 Å². The van der Waals surface area contributed by atoms with Crippen LogP contribution in [0.4, 0.5) is 38.3 Å². The van der Waals surface area contributed by atoms with Crippen molar-refractivity contribution in [3.05, 3.63) is 47.5 Å². The lowest BCUT2D eigenvalue weighted by Gasteiger charge is -2.42. The third-order valence-electron chi connectivity index (χ3n) is 9.54. The van der Waals surface area contributed by atoms with Crippen LogP contribution in [0.2, 0.25) is 0 Å². The first kappa shape index (κ1) is 40.5. The van der Waals surface area contributed by atoms with E-state index in [1.807, 2.05) is 0 Å². The Bertz CT molecular complexity index is 2110. The molecule has 2 aliphatic rings. The van der Waals surface area contributed by atoms with Gasteiger partial charge in [-0.15, -0.1) is 0 Å². The summed E-state index contributed by atoms with van der Waals surface area (Å²) >= 11 is 0. The Morgan fingerprint density at radius 2 is 1.71 bits per heavy atom. The highest BCUT2D eigenvalue weighted by molar-refractivity contribution is 6.06. The Morgan fingerprint density at radius 3 is 2.36 bits per heavy atom. The first-order valence-corrected chi connectivity index (χ1v) is 18.3. The number of carbonyl (C=O) groups excluding carboxylic acids is 2. The van der Waals surface area contributed by atoms with Crippen molar-refractivity contribution in [2.24, 2.45) is 0 Å². The first-order valence-electron chi connectivity index (χ1n) is 18.3. The van der Waals surface area contributed by atoms with Gasteiger partial charge in [-0.25, -0.2) is 13.6 Å². The van der Waals surface area contributed by atoms with Crippen molar-refractivity contribution in [1.82, 2.24) is 14.9 Å². The number of nitrogens with two attached hydrogens (primary N) is 1. The van der Waals surface area contributed by atoms with Crippen LogP contribution in [0.25, 0.3) is 32.8 Å². The van der Waals surface area contributed by atoms with Gasteiger partial charge in [0.05, 0.1) is 18.7 Å². The molecule has 2 aliphatic heterocycles. The Kier molecular flexibility index (Phi) is 11.6. The predicted octanol–water partition coefficient (Wildman–Crippen LogP) is 7.71. The molecule has 6 rings (SSSR count). The molecule has 2 saturated heterocycles. The van der Waals surface area contributed by atoms with Crippen molar-refractivity contribution in [2.45, 2.75) is 83.7 Å². The molecule has 1 amide bonds.